The maximum atomic E-state index is 12.3. The molecule has 0 N–H and O–H groups in total. The van der Waals surface area contributed by atoms with Crippen molar-refractivity contribution in [2.24, 2.45) is 0 Å². The number of nitro benzene ring substituents is 1. The first-order valence-corrected chi connectivity index (χ1v) is 8.05. The number of hydrogen-bond donors (Lipinski definition) is 0. The minimum atomic E-state index is -0.499. The van der Waals surface area contributed by atoms with Gasteiger partial charge in [0.1, 0.15) is 0 Å². The molecular formula is C18H16BrNO5. The fourth-order valence-corrected chi connectivity index (χ4v) is 2.67. The number of rotatable bonds is 6. The van der Waals surface area contributed by atoms with Crippen molar-refractivity contribution in [3.63, 3.8) is 0 Å². The molecule has 7 heteroatoms. The number of carbonyl (C=O) groups excluding carboxylic acids is 1. The summed E-state index contributed by atoms with van der Waals surface area (Å²) in [7, 11) is 3.06. The molecule has 2 aromatic rings. The van der Waals surface area contributed by atoms with Crippen molar-refractivity contribution in [1.82, 2.24) is 0 Å². The van der Waals surface area contributed by atoms with E-state index in [9.17, 15) is 14.9 Å². The van der Waals surface area contributed by atoms with E-state index in [2.05, 4.69) is 15.9 Å². The second-order valence-corrected chi connectivity index (χ2v) is 6.04. The first-order chi connectivity index (χ1) is 11.9. The molecule has 0 bridgehead atoms. The zero-order chi connectivity index (χ0) is 18.6. The average Bonchev–Trinajstić information content (AvgIpc) is 2.60. The molecule has 0 unspecified atom stereocenters. The van der Waals surface area contributed by atoms with Crippen LogP contribution in [0.25, 0.3) is 6.08 Å². The van der Waals surface area contributed by atoms with Gasteiger partial charge in [0.15, 0.2) is 17.3 Å². The van der Waals surface area contributed by atoms with E-state index in [1.54, 1.807) is 37.3 Å². The quantitative estimate of drug-likeness (QED) is 0.304. The second-order valence-electron chi connectivity index (χ2n) is 5.18. The lowest BCUT2D eigenvalue weighted by Crippen LogP contribution is -1.98. The Kier molecular flexibility index (Phi) is 5.93. The summed E-state index contributed by atoms with van der Waals surface area (Å²) in [5, 5.41) is 11.0. The first kappa shape index (κ1) is 18.7. The lowest BCUT2D eigenvalue weighted by molar-refractivity contribution is -0.385. The van der Waals surface area contributed by atoms with Gasteiger partial charge in [-0.25, -0.2) is 0 Å². The highest BCUT2D eigenvalue weighted by Gasteiger charge is 2.14. The van der Waals surface area contributed by atoms with Gasteiger partial charge in [-0.15, -0.1) is 0 Å². The van der Waals surface area contributed by atoms with Gasteiger partial charge in [-0.2, -0.15) is 0 Å². The molecule has 0 aliphatic heterocycles. The van der Waals surface area contributed by atoms with Crippen molar-refractivity contribution in [1.29, 1.82) is 0 Å². The Morgan fingerprint density at radius 2 is 1.80 bits per heavy atom. The van der Waals surface area contributed by atoms with Gasteiger partial charge in [-0.1, -0.05) is 28.1 Å². The van der Waals surface area contributed by atoms with Gasteiger partial charge in [0, 0.05) is 21.7 Å². The summed E-state index contributed by atoms with van der Waals surface area (Å²) in [6, 6.07) is 7.87. The molecule has 0 aliphatic rings. The number of ether oxygens (including phenoxy) is 2. The van der Waals surface area contributed by atoms with Crippen molar-refractivity contribution < 1.29 is 19.2 Å². The largest absolute Gasteiger partial charge is 0.493 e. The predicted octanol–water partition coefficient (Wildman–Crippen LogP) is 4.58. The van der Waals surface area contributed by atoms with Crippen molar-refractivity contribution in [3.05, 3.63) is 67.7 Å². The van der Waals surface area contributed by atoms with Crippen molar-refractivity contribution >= 4 is 33.5 Å². The topological polar surface area (TPSA) is 78.7 Å². The van der Waals surface area contributed by atoms with Crippen molar-refractivity contribution in [3.8, 4) is 11.5 Å². The number of carbonyl (C=O) groups is 1. The number of nitrogens with zero attached hydrogens (tertiary/aromatic N) is 1. The molecule has 0 aliphatic carbocycles. The van der Waals surface area contributed by atoms with Crippen LogP contribution < -0.4 is 9.47 Å². The fraction of sp³-hybridized carbons (Fsp3) is 0.167. The Labute approximate surface area is 153 Å². The standard InChI is InChI=1S/C18H16BrNO5/c1-11-4-5-13(8-15(11)20(22)23)16(21)7-6-12-9-17(24-2)18(25-3)10-14(12)19/h4-10H,1-3H3. The number of aryl methyl sites for hydroxylation is 1. The zero-order valence-corrected chi connectivity index (χ0v) is 15.5. The Hall–Kier alpha value is -2.67. The van der Waals surface area contributed by atoms with Crippen LogP contribution in [0, 0.1) is 17.0 Å². The molecule has 0 heterocycles. The van der Waals surface area contributed by atoms with Crippen LogP contribution in [0.4, 0.5) is 5.69 Å². The molecule has 0 fully saturated rings. The maximum absolute atomic E-state index is 12.3. The first-order valence-electron chi connectivity index (χ1n) is 7.26. The van der Waals surface area contributed by atoms with Gasteiger partial charge in [0.25, 0.3) is 5.69 Å². The summed E-state index contributed by atoms with van der Waals surface area (Å²) in [6.45, 7) is 1.63. The number of halogens is 1. The highest BCUT2D eigenvalue weighted by atomic mass is 79.9. The molecule has 2 rings (SSSR count). The van der Waals surface area contributed by atoms with Gasteiger partial charge < -0.3 is 9.47 Å². The third kappa shape index (κ3) is 4.24. The summed E-state index contributed by atoms with van der Waals surface area (Å²) >= 11 is 3.41. The smallest absolute Gasteiger partial charge is 0.273 e. The number of nitro groups is 1. The lowest BCUT2D eigenvalue weighted by atomic mass is 10.1. The maximum Gasteiger partial charge on any atom is 0.273 e. The highest BCUT2D eigenvalue weighted by Crippen LogP contribution is 2.34. The zero-order valence-electron chi connectivity index (χ0n) is 13.9. The Morgan fingerprint density at radius 3 is 2.40 bits per heavy atom. The van der Waals surface area contributed by atoms with Gasteiger partial charge in [-0.3, -0.25) is 14.9 Å². The van der Waals surface area contributed by atoms with E-state index in [0.717, 1.165) is 4.47 Å². The summed E-state index contributed by atoms with van der Waals surface area (Å²) in [5.74, 6) is 0.764. The second kappa shape index (κ2) is 7.94. The summed E-state index contributed by atoms with van der Waals surface area (Å²) in [6.07, 6.45) is 2.97. The van der Waals surface area contributed by atoms with Crippen LogP contribution in [0.5, 0.6) is 11.5 Å². The van der Waals surface area contributed by atoms with Crippen LogP contribution >= 0.6 is 15.9 Å². The fourth-order valence-electron chi connectivity index (χ4n) is 2.22. The average molecular weight is 406 g/mol. The summed E-state index contributed by atoms with van der Waals surface area (Å²) < 4.78 is 11.2. The number of benzene rings is 2. The van der Waals surface area contributed by atoms with E-state index in [4.69, 9.17) is 9.47 Å². The van der Waals surface area contributed by atoms with Gasteiger partial charge in [0.05, 0.1) is 19.1 Å². The summed E-state index contributed by atoms with van der Waals surface area (Å²) in [4.78, 5) is 22.8. The third-order valence-corrected chi connectivity index (χ3v) is 4.29. The van der Waals surface area contributed by atoms with Crippen molar-refractivity contribution in [2.45, 2.75) is 6.92 Å². The number of methoxy groups -OCH3 is 2. The molecule has 0 spiro atoms. The SMILES string of the molecule is COc1cc(Br)c(C=CC(=O)c2ccc(C)c([N+](=O)[O-])c2)cc1OC. The van der Waals surface area contributed by atoms with Gasteiger partial charge in [-0.05, 0) is 36.8 Å². The van der Waals surface area contributed by atoms with Crippen LogP contribution in [0.3, 0.4) is 0 Å². The van der Waals surface area contributed by atoms with Crippen LogP contribution in [0.2, 0.25) is 0 Å². The molecule has 0 amide bonds. The molecular weight excluding hydrogens is 390 g/mol. The molecule has 0 aromatic heterocycles. The normalized spacial score (nSPS) is 10.7. The lowest BCUT2D eigenvalue weighted by Gasteiger charge is -2.09. The molecule has 6 nitrogen and oxygen atoms in total. The van der Waals surface area contributed by atoms with Crippen LogP contribution in [0.15, 0.2) is 40.9 Å². The van der Waals surface area contributed by atoms with Gasteiger partial charge >= 0.3 is 0 Å². The minimum absolute atomic E-state index is 0.0773. The van der Waals surface area contributed by atoms with Crippen molar-refractivity contribution in [2.75, 3.05) is 14.2 Å². The van der Waals surface area contributed by atoms with E-state index < -0.39 is 4.92 Å². The van der Waals surface area contributed by atoms with Crippen LogP contribution in [0.1, 0.15) is 21.5 Å². The number of allylic oxidation sites excluding steroid dienone is 1. The molecule has 0 radical (unpaired) electrons. The van der Waals surface area contributed by atoms with E-state index in [1.807, 2.05) is 0 Å². The predicted molar refractivity (Wildman–Crippen MR) is 98.4 cm³/mol. The highest BCUT2D eigenvalue weighted by molar-refractivity contribution is 9.10. The minimum Gasteiger partial charge on any atom is -0.493 e. The van der Waals surface area contributed by atoms with Gasteiger partial charge in [0.2, 0.25) is 0 Å². The molecule has 25 heavy (non-hydrogen) atoms. The van der Waals surface area contributed by atoms with E-state index in [-0.39, 0.29) is 17.0 Å². The molecule has 130 valence electrons. The Balaban J connectivity index is 2.32. The third-order valence-electron chi connectivity index (χ3n) is 3.61. The Morgan fingerprint density at radius 1 is 1.16 bits per heavy atom. The number of ketones is 1. The van der Waals surface area contributed by atoms with Crippen LogP contribution in [-0.4, -0.2) is 24.9 Å². The van der Waals surface area contributed by atoms with E-state index in [1.165, 1.54) is 26.4 Å². The number of hydrogen-bond acceptors (Lipinski definition) is 5. The monoisotopic (exact) mass is 405 g/mol. The van der Waals surface area contributed by atoms with E-state index >= 15 is 0 Å². The summed E-state index contributed by atoms with van der Waals surface area (Å²) in [5.41, 5.74) is 1.40. The van der Waals surface area contributed by atoms with E-state index in [0.29, 0.717) is 22.6 Å². The molecule has 0 saturated carbocycles. The molecule has 0 saturated heterocycles. The Bertz CT molecular complexity index is 861. The van der Waals surface area contributed by atoms with Crippen LogP contribution in [-0.2, 0) is 0 Å². The molecule has 0 atom stereocenters. The molecule has 2 aromatic carbocycles.